The number of ketones is 1. The first-order valence-electron chi connectivity index (χ1n) is 6.01. The third kappa shape index (κ3) is 3.20. The van der Waals surface area contributed by atoms with E-state index in [4.69, 9.17) is 5.26 Å². The fraction of sp³-hybridized carbons (Fsp3) is 0.125. The Kier molecular flexibility index (Phi) is 3.94. The van der Waals surface area contributed by atoms with Gasteiger partial charge in [0.1, 0.15) is 5.75 Å². The summed E-state index contributed by atoms with van der Waals surface area (Å²) in [6.45, 7) is 0. The first-order chi connectivity index (χ1) is 9.20. The second-order valence-electron chi connectivity index (χ2n) is 4.25. The predicted octanol–water partition coefficient (Wildman–Crippen LogP) is 3.08. The molecule has 0 aliphatic rings. The Morgan fingerprint density at radius 3 is 2.42 bits per heavy atom. The molecule has 2 aromatic carbocycles. The molecular formula is C16H13NO2. The van der Waals surface area contributed by atoms with Gasteiger partial charge in [0.2, 0.25) is 0 Å². The lowest BCUT2D eigenvalue weighted by molar-refractivity contribution is 0.0980. The van der Waals surface area contributed by atoms with Crippen LogP contribution in [0.5, 0.6) is 5.75 Å². The Balaban J connectivity index is 2.01. The van der Waals surface area contributed by atoms with Crippen LogP contribution in [0.25, 0.3) is 0 Å². The van der Waals surface area contributed by atoms with Crippen molar-refractivity contribution in [2.24, 2.45) is 0 Å². The Labute approximate surface area is 111 Å². The molecule has 0 aliphatic heterocycles. The number of hydrogen-bond acceptors (Lipinski definition) is 3. The molecule has 2 rings (SSSR count). The smallest absolute Gasteiger partial charge is 0.166 e. The lowest BCUT2D eigenvalue weighted by atomic mass is 10.0. The average Bonchev–Trinajstić information content (AvgIpc) is 2.46. The highest BCUT2D eigenvalue weighted by Gasteiger charge is 2.10. The van der Waals surface area contributed by atoms with Crippen LogP contribution in [0, 0.1) is 11.3 Å². The van der Waals surface area contributed by atoms with Crippen molar-refractivity contribution in [2.75, 3.05) is 0 Å². The largest absolute Gasteiger partial charge is 0.507 e. The van der Waals surface area contributed by atoms with Crippen molar-refractivity contribution in [1.29, 1.82) is 5.26 Å². The molecule has 0 saturated heterocycles. The van der Waals surface area contributed by atoms with Crippen LogP contribution in [0.3, 0.4) is 0 Å². The van der Waals surface area contributed by atoms with E-state index in [0.29, 0.717) is 24.0 Å². The molecule has 0 fully saturated rings. The van der Waals surface area contributed by atoms with Crippen molar-refractivity contribution in [3.63, 3.8) is 0 Å². The SMILES string of the molecule is N#Cc1ccc(CCC(=O)c2ccccc2O)cc1. The van der Waals surface area contributed by atoms with Crippen LogP contribution >= 0.6 is 0 Å². The lowest BCUT2D eigenvalue weighted by Gasteiger charge is -2.04. The number of aromatic hydroxyl groups is 1. The van der Waals surface area contributed by atoms with E-state index in [1.165, 1.54) is 6.07 Å². The van der Waals surface area contributed by atoms with Crippen molar-refractivity contribution >= 4 is 5.78 Å². The van der Waals surface area contributed by atoms with Gasteiger partial charge in [-0.3, -0.25) is 4.79 Å². The molecule has 0 bridgehead atoms. The Hall–Kier alpha value is -2.60. The molecule has 0 heterocycles. The number of nitriles is 1. The molecule has 0 saturated carbocycles. The molecule has 0 amide bonds. The van der Waals surface area contributed by atoms with Gasteiger partial charge < -0.3 is 5.11 Å². The van der Waals surface area contributed by atoms with Crippen LogP contribution < -0.4 is 0 Å². The van der Waals surface area contributed by atoms with Crippen LogP contribution in [-0.4, -0.2) is 10.9 Å². The van der Waals surface area contributed by atoms with E-state index in [1.807, 2.05) is 12.1 Å². The Bertz CT molecular complexity index is 624. The van der Waals surface area contributed by atoms with Crippen LogP contribution in [0.4, 0.5) is 0 Å². The molecule has 0 atom stereocenters. The molecule has 19 heavy (non-hydrogen) atoms. The van der Waals surface area contributed by atoms with E-state index >= 15 is 0 Å². The van der Waals surface area contributed by atoms with Crippen LogP contribution in [0.2, 0.25) is 0 Å². The normalized spacial score (nSPS) is 9.84. The summed E-state index contributed by atoms with van der Waals surface area (Å²) in [5, 5.41) is 18.3. The summed E-state index contributed by atoms with van der Waals surface area (Å²) < 4.78 is 0. The van der Waals surface area contributed by atoms with E-state index in [0.717, 1.165) is 5.56 Å². The van der Waals surface area contributed by atoms with Crippen LogP contribution in [0.15, 0.2) is 48.5 Å². The van der Waals surface area contributed by atoms with E-state index in [-0.39, 0.29) is 11.5 Å². The zero-order valence-corrected chi connectivity index (χ0v) is 10.3. The summed E-state index contributed by atoms with van der Waals surface area (Å²) in [4.78, 5) is 11.9. The molecular weight excluding hydrogens is 238 g/mol. The predicted molar refractivity (Wildman–Crippen MR) is 71.9 cm³/mol. The number of carbonyl (C=O) groups is 1. The number of rotatable bonds is 4. The van der Waals surface area contributed by atoms with Gasteiger partial charge in [-0.2, -0.15) is 5.26 Å². The number of Topliss-reactive ketones (excluding diaryl/α,β-unsaturated/α-hetero) is 1. The van der Waals surface area contributed by atoms with Crippen LogP contribution in [-0.2, 0) is 6.42 Å². The number of carbonyl (C=O) groups excluding carboxylic acids is 1. The van der Waals surface area contributed by atoms with Gasteiger partial charge in [-0.15, -0.1) is 0 Å². The number of phenols is 1. The fourth-order valence-electron chi connectivity index (χ4n) is 1.85. The standard InChI is InChI=1S/C16H13NO2/c17-11-13-7-5-12(6-8-13)9-10-16(19)14-3-1-2-4-15(14)18/h1-8,18H,9-10H2. The van der Waals surface area contributed by atoms with Gasteiger partial charge in [0.05, 0.1) is 17.2 Å². The first-order valence-corrected chi connectivity index (χ1v) is 6.01. The van der Waals surface area contributed by atoms with E-state index in [9.17, 15) is 9.90 Å². The summed E-state index contributed by atoms with van der Waals surface area (Å²) in [6, 6.07) is 15.8. The maximum Gasteiger partial charge on any atom is 0.166 e. The molecule has 94 valence electrons. The Morgan fingerprint density at radius 2 is 1.79 bits per heavy atom. The average molecular weight is 251 g/mol. The highest BCUT2D eigenvalue weighted by molar-refractivity contribution is 5.98. The van der Waals surface area contributed by atoms with Gasteiger partial charge in [-0.25, -0.2) is 0 Å². The maximum atomic E-state index is 11.9. The van der Waals surface area contributed by atoms with E-state index in [1.54, 1.807) is 30.3 Å². The molecule has 3 nitrogen and oxygen atoms in total. The van der Waals surface area contributed by atoms with Gasteiger partial charge in [0.15, 0.2) is 5.78 Å². The van der Waals surface area contributed by atoms with Gasteiger partial charge in [-0.1, -0.05) is 24.3 Å². The second kappa shape index (κ2) is 5.83. The number of phenolic OH excluding ortho intramolecular Hbond substituents is 1. The molecule has 0 spiro atoms. The van der Waals surface area contributed by atoms with Crippen LogP contribution in [0.1, 0.15) is 27.9 Å². The molecule has 1 N–H and O–H groups in total. The minimum atomic E-state index is -0.0811. The number of nitrogens with zero attached hydrogens (tertiary/aromatic N) is 1. The van der Waals surface area contributed by atoms with E-state index in [2.05, 4.69) is 6.07 Å². The van der Waals surface area contributed by atoms with Gasteiger partial charge in [-0.05, 0) is 36.2 Å². The molecule has 0 aliphatic carbocycles. The number of hydrogen-bond donors (Lipinski definition) is 1. The fourth-order valence-corrected chi connectivity index (χ4v) is 1.85. The monoisotopic (exact) mass is 251 g/mol. The zero-order valence-electron chi connectivity index (χ0n) is 10.3. The summed E-state index contributed by atoms with van der Waals surface area (Å²) in [5.74, 6) is -0.0604. The van der Waals surface area contributed by atoms with Gasteiger partial charge in [0, 0.05) is 6.42 Å². The molecule has 0 radical (unpaired) electrons. The summed E-state index contributed by atoms with van der Waals surface area (Å²) in [6.07, 6.45) is 0.933. The third-order valence-electron chi connectivity index (χ3n) is 2.93. The van der Waals surface area contributed by atoms with Gasteiger partial charge >= 0.3 is 0 Å². The van der Waals surface area contributed by atoms with Gasteiger partial charge in [0.25, 0.3) is 0 Å². The summed E-state index contributed by atoms with van der Waals surface area (Å²) in [7, 11) is 0. The first kappa shape index (κ1) is 12.8. The van der Waals surface area contributed by atoms with Crippen molar-refractivity contribution in [3.05, 3.63) is 65.2 Å². The van der Waals surface area contributed by atoms with Crippen molar-refractivity contribution in [3.8, 4) is 11.8 Å². The maximum absolute atomic E-state index is 11.9. The minimum Gasteiger partial charge on any atom is -0.507 e. The minimum absolute atomic E-state index is 0.0207. The lowest BCUT2D eigenvalue weighted by Crippen LogP contribution is -2.01. The topological polar surface area (TPSA) is 61.1 Å². The third-order valence-corrected chi connectivity index (χ3v) is 2.93. The molecule has 0 unspecified atom stereocenters. The molecule has 0 aromatic heterocycles. The second-order valence-corrected chi connectivity index (χ2v) is 4.25. The highest BCUT2D eigenvalue weighted by atomic mass is 16.3. The summed E-state index contributed by atoms with van der Waals surface area (Å²) >= 11 is 0. The zero-order chi connectivity index (χ0) is 13.7. The Morgan fingerprint density at radius 1 is 1.11 bits per heavy atom. The van der Waals surface area contributed by atoms with E-state index < -0.39 is 0 Å². The number of para-hydroxylation sites is 1. The molecule has 2 aromatic rings. The number of aryl methyl sites for hydroxylation is 1. The van der Waals surface area contributed by atoms with Crippen molar-refractivity contribution < 1.29 is 9.90 Å². The van der Waals surface area contributed by atoms with Crippen molar-refractivity contribution in [1.82, 2.24) is 0 Å². The highest BCUT2D eigenvalue weighted by Crippen LogP contribution is 2.18. The molecule has 3 heteroatoms. The van der Waals surface area contributed by atoms with Crippen molar-refractivity contribution in [2.45, 2.75) is 12.8 Å². The summed E-state index contributed by atoms with van der Waals surface area (Å²) in [5.41, 5.74) is 1.97. The quantitative estimate of drug-likeness (QED) is 0.849. The number of benzene rings is 2.